The zero-order valence-electron chi connectivity index (χ0n) is 9.48. The van der Waals surface area contributed by atoms with Crippen molar-refractivity contribution in [2.45, 2.75) is 24.7 Å². The maximum absolute atomic E-state index is 4.56. The molecule has 2 rings (SSSR count). The first-order valence-electron chi connectivity index (χ1n) is 5.59. The minimum atomic E-state index is 1.06. The fraction of sp³-hybridized carbons (Fsp3) is 0.200. The van der Waals surface area contributed by atoms with Crippen molar-refractivity contribution in [2.24, 2.45) is 0 Å². The molecule has 0 heterocycles. The van der Waals surface area contributed by atoms with Gasteiger partial charge in [0.1, 0.15) is 0 Å². The molecule has 16 heavy (non-hydrogen) atoms. The first-order chi connectivity index (χ1) is 7.77. The summed E-state index contributed by atoms with van der Waals surface area (Å²) in [5, 5.41) is 0. The molecule has 2 aromatic rings. The van der Waals surface area contributed by atoms with Crippen LogP contribution in [0.25, 0.3) is 0 Å². The standard InChI is InChI=1S/C15H16S/c1-12-6-5-9-14(15(12)16)11-10-13-7-3-2-4-8-13/h2-9,16H,10-11H2,1H3. The van der Waals surface area contributed by atoms with Gasteiger partial charge in [0.25, 0.3) is 0 Å². The number of benzene rings is 2. The molecular weight excluding hydrogens is 212 g/mol. The van der Waals surface area contributed by atoms with Crippen LogP contribution in [0.3, 0.4) is 0 Å². The Kier molecular flexibility index (Phi) is 3.68. The van der Waals surface area contributed by atoms with Crippen LogP contribution < -0.4 is 0 Å². The van der Waals surface area contributed by atoms with Crippen LogP contribution in [0.15, 0.2) is 53.4 Å². The monoisotopic (exact) mass is 228 g/mol. The molecule has 0 N–H and O–H groups in total. The topological polar surface area (TPSA) is 0 Å². The Morgan fingerprint density at radius 1 is 0.875 bits per heavy atom. The highest BCUT2D eigenvalue weighted by Crippen LogP contribution is 2.19. The Bertz CT molecular complexity index is 460. The smallest absolute Gasteiger partial charge is 0.0101 e. The van der Waals surface area contributed by atoms with Crippen molar-refractivity contribution in [1.82, 2.24) is 0 Å². The van der Waals surface area contributed by atoms with Gasteiger partial charge in [0.05, 0.1) is 0 Å². The molecule has 82 valence electrons. The maximum atomic E-state index is 4.56. The van der Waals surface area contributed by atoms with Gasteiger partial charge in [-0.15, -0.1) is 12.6 Å². The van der Waals surface area contributed by atoms with Crippen LogP contribution in [0, 0.1) is 6.92 Å². The number of aryl methyl sites for hydroxylation is 3. The highest BCUT2D eigenvalue weighted by Gasteiger charge is 2.01. The predicted molar refractivity (Wildman–Crippen MR) is 72.3 cm³/mol. The van der Waals surface area contributed by atoms with E-state index in [9.17, 15) is 0 Å². The second-order valence-electron chi connectivity index (χ2n) is 4.07. The van der Waals surface area contributed by atoms with Gasteiger partial charge < -0.3 is 0 Å². The lowest BCUT2D eigenvalue weighted by Crippen LogP contribution is -1.93. The lowest BCUT2D eigenvalue weighted by atomic mass is 10.0. The summed E-state index contributed by atoms with van der Waals surface area (Å²) in [4.78, 5) is 1.14. The average Bonchev–Trinajstić information content (AvgIpc) is 2.32. The Morgan fingerprint density at radius 2 is 1.62 bits per heavy atom. The molecule has 0 nitrogen and oxygen atoms in total. The molecule has 0 fully saturated rings. The second-order valence-corrected chi connectivity index (χ2v) is 4.52. The van der Waals surface area contributed by atoms with Gasteiger partial charge in [-0.05, 0) is 36.5 Å². The molecule has 0 aliphatic rings. The third-order valence-corrected chi connectivity index (χ3v) is 3.49. The predicted octanol–water partition coefficient (Wildman–Crippen LogP) is 4.07. The number of thiol groups is 1. The van der Waals surface area contributed by atoms with E-state index < -0.39 is 0 Å². The van der Waals surface area contributed by atoms with Crippen molar-refractivity contribution >= 4 is 12.6 Å². The van der Waals surface area contributed by atoms with Crippen molar-refractivity contribution in [3.8, 4) is 0 Å². The van der Waals surface area contributed by atoms with Gasteiger partial charge in [0.2, 0.25) is 0 Å². The third kappa shape index (κ3) is 2.67. The summed E-state index contributed by atoms with van der Waals surface area (Å²) in [7, 11) is 0. The van der Waals surface area contributed by atoms with E-state index in [1.807, 2.05) is 0 Å². The molecule has 0 atom stereocenters. The molecule has 0 aromatic heterocycles. The van der Waals surface area contributed by atoms with Gasteiger partial charge in [-0.3, -0.25) is 0 Å². The highest BCUT2D eigenvalue weighted by atomic mass is 32.1. The Balaban J connectivity index is 2.08. The second kappa shape index (κ2) is 5.22. The molecule has 0 aliphatic heterocycles. The van der Waals surface area contributed by atoms with E-state index in [1.54, 1.807) is 0 Å². The molecule has 1 heteroatoms. The van der Waals surface area contributed by atoms with E-state index in [1.165, 1.54) is 16.7 Å². The van der Waals surface area contributed by atoms with Crippen molar-refractivity contribution in [1.29, 1.82) is 0 Å². The molecule has 0 bridgehead atoms. The summed E-state index contributed by atoms with van der Waals surface area (Å²) >= 11 is 4.56. The summed E-state index contributed by atoms with van der Waals surface area (Å²) in [5.74, 6) is 0. The van der Waals surface area contributed by atoms with E-state index in [2.05, 4.69) is 68.1 Å². The molecule has 0 spiro atoms. The van der Waals surface area contributed by atoms with Gasteiger partial charge in [-0.1, -0.05) is 48.5 Å². The average molecular weight is 228 g/mol. The summed E-state index contributed by atoms with van der Waals surface area (Å²) in [6, 6.07) is 17.0. The van der Waals surface area contributed by atoms with E-state index in [0.29, 0.717) is 0 Å². The third-order valence-electron chi connectivity index (χ3n) is 2.85. The van der Waals surface area contributed by atoms with E-state index in [4.69, 9.17) is 0 Å². The first kappa shape index (κ1) is 11.3. The fourth-order valence-corrected chi connectivity index (χ4v) is 2.11. The largest absolute Gasteiger partial charge is 0.143 e. The van der Waals surface area contributed by atoms with Crippen LogP contribution >= 0.6 is 12.6 Å². The molecule has 0 radical (unpaired) electrons. The molecule has 0 aliphatic carbocycles. The minimum absolute atomic E-state index is 1.06. The SMILES string of the molecule is Cc1cccc(CCc2ccccc2)c1S. The first-order valence-corrected chi connectivity index (χ1v) is 6.03. The molecule has 0 saturated carbocycles. The summed E-state index contributed by atoms with van der Waals surface area (Å²) in [6.45, 7) is 2.11. The molecule has 0 saturated heterocycles. The van der Waals surface area contributed by atoms with Crippen LogP contribution in [0.4, 0.5) is 0 Å². The van der Waals surface area contributed by atoms with Crippen molar-refractivity contribution in [3.05, 3.63) is 65.2 Å². The number of rotatable bonds is 3. The lowest BCUT2D eigenvalue weighted by Gasteiger charge is -2.07. The zero-order chi connectivity index (χ0) is 11.4. The van der Waals surface area contributed by atoms with Crippen LogP contribution in [0.5, 0.6) is 0 Å². The molecular formula is C15H16S. The Hall–Kier alpha value is -1.21. The van der Waals surface area contributed by atoms with Gasteiger partial charge >= 0.3 is 0 Å². The van der Waals surface area contributed by atoms with Crippen molar-refractivity contribution in [3.63, 3.8) is 0 Å². The summed E-state index contributed by atoms with van der Waals surface area (Å²) in [6.07, 6.45) is 2.14. The van der Waals surface area contributed by atoms with E-state index in [0.717, 1.165) is 17.7 Å². The summed E-state index contributed by atoms with van der Waals surface area (Å²) in [5.41, 5.74) is 3.98. The van der Waals surface area contributed by atoms with Crippen LogP contribution in [-0.2, 0) is 12.8 Å². The Morgan fingerprint density at radius 3 is 2.38 bits per heavy atom. The lowest BCUT2D eigenvalue weighted by molar-refractivity contribution is 0.930. The van der Waals surface area contributed by atoms with E-state index >= 15 is 0 Å². The van der Waals surface area contributed by atoms with E-state index in [-0.39, 0.29) is 0 Å². The summed E-state index contributed by atoms with van der Waals surface area (Å²) < 4.78 is 0. The normalized spacial score (nSPS) is 10.4. The minimum Gasteiger partial charge on any atom is -0.143 e. The van der Waals surface area contributed by atoms with Gasteiger partial charge in [-0.25, -0.2) is 0 Å². The van der Waals surface area contributed by atoms with Gasteiger partial charge in [0.15, 0.2) is 0 Å². The molecule has 2 aromatic carbocycles. The van der Waals surface area contributed by atoms with Crippen molar-refractivity contribution < 1.29 is 0 Å². The van der Waals surface area contributed by atoms with Crippen LogP contribution in [0.2, 0.25) is 0 Å². The number of hydrogen-bond acceptors (Lipinski definition) is 1. The fourth-order valence-electron chi connectivity index (χ4n) is 1.85. The Labute approximate surface area is 103 Å². The van der Waals surface area contributed by atoms with Crippen LogP contribution in [-0.4, -0.2) is 0 Å². The zero-order valence-corrected chi connectivity index (χ0v) is 10.4. The molecule has 0 amide bonds. The number of hydrogen-bond donors (Lipinski definition) is 1. The van der Waals surface area contributed by atoms with Crippen LogP contribution in [0.1, 0.15) is 16.7 Å². The highest BCUT2D eigenvalue weighted by molar-refractivity contribution is 7.80. The van der Waals surface area contributed by atoms with Crippen molar-refractivity contribution in [2.75, 3.05) is 0 Å². The maximum Gasteiger partial charge on any atom is 0.0101 e. The quantitative estimate of drug-likeness (QED) is 0.752. The van der Waals surface area contributed by atoms with Gasteiger partial charge in [0, 0.05) is 4.90 Å². The molecule has 0 unspecified atom stereocenters. The van der Waals surface area contributed by atoms with Gasteiger partial charge in [-0.2, -0.15) is 0 Å².